The van der Waals surface area contributed by atoms with Gasteiger partial charge in [0.15, 0.2) is 0 Å². The Morgan fingerprint density at radius 3 is 2.61 bits per heavy atom. The lowest BCUT2D eigenvalue weighted by Crippen LogP contribution is -2.57. The number of nitrogens with zero attached hydrogens (tertiary/aromatic N) is 3. The van der Waals surface area contributed by atoms with Gasteiger partial charge in [-0.2, -0.15) is 22.6 Å². The van der Waals surface area contributed by atoms with Crippen LogP contribution in [0.25, 0.3) is 0 Å². The van der Waals surface area contributed by atoms with E-state index in [1.807, 2.05) is 0 Å². The molecular formula is C21H16F5N3O2. The summed E-state index contributed by atoms with van der Waals surface area (Å²) in [6.45, 7) is 0.242. The first-order chi connectivity index (χ1) is 14.7. The quantitative estimate of drug-likeness (QED) is 0.581. The summed E-state index contributed by atoms with van der Waals surface area (Å²) >= 11 is 0. The number of alkyl halides is 3. The normalized spacial score (nSPS) is 21.8. The molecule has 2 aliphatic heterocycles. The zero-order chi connectivity index (χ0) is 22.3. The number of rotatable bonds is 3. The van der Waals surface area contributed by atoms with Gasteiger partial charge in [0.05, 0.1) is 11.3 Å². The van der Waals surface area contributed by atoms with Crippen molar-refractivity contribution in [3.63, 3.8) is 0 Å². The van der Waals surface area contributed by atoms with Crippen LogP contribution in [-0.2, 0) is 17.4 Å². The fourth-order valence-electron chi connectivity index (χ4n) is 3.81. The van der Waals surface area contributed by atoms with Gasteiger partial charge in [0.2, 0.25) is 11.7 Å². The van der Waals surface area contributed by atoms with Gasteiger partial charge < -0.3 is 10.1 Å². The van der Waals surface area contributed by atoms with Gasteiger partial charge in [-0.1, -0.05) is 30.4 Å². The Balaban J connectivity index is 1.78. The molecule has 1 aromatic carbocycles. The first-order valence-corrected chi connectivity index (χ1v) is 9.29. The standard InChI is InChI=1S/C21H16F5N3O2/c22-16-8-7-12(11-27-16)10-17-28-9-2-1-6-15(28)20(30)19(29(17)31)13-4-3-5-14(18(13)23)21(24,25)26/h1-8,11,17,19,31H,9-10H2. The minimum Gasteiger partial charge on any atom is -0.347 e. The van der Waals surface area contributed by atoms with E-state index < -0.39 is 47.1 Å². The Morgan fingerprint density at radius 1 is 1.16 bits per heavy atom. The van der Waals surface area contributed by atoms with Crippen LogP contribution in [0.3, 0.4) is 0 Å². The van der Waals surface area contributed by atoms with Gasteiger partial charge >= 0.3 is 6.18 Å². The van der Waals surface area contributed by atoms with Gasteiger partial charge in [0.1, 0.15) is 18.0 Å². The second-order valence-electron chi connectivity index (χ2n) is 7.16. The minimum absolute atomic E-state index is 0.0549. The monoisotopic (exact) mass is 437 g/mol. The second-order valence-corrected chi connectivity index (χ2v) is 7.16. The van der Waals surface area contributed by atoms with Crippen molar-refractivity contribution in [3.05, 3.63) is 88.9 Å². The highest BCUT2D eigenvalue weighted by Crippen LogP contribution is 2.40. The van der Waals surface area contributed by atoms with Crippen LogP contribution in [0.4, 0.5) is 22.0 Å². The summed E-state index contributed by atoms with van der Waals surface area (Å²) in [6, 6.07) is 3.49. The van der Waals surface area contributed by atoms with E-state index in [9.17, 15) is 32.0 Å². The molecule has 1 fully saturated rings. The largest absolute Gasteiger partial charge is 0.419 e. The van der Waals surface area contributed by atoms with Crippen molar-refractivity contribution in [2.24, 2.45) is 0 Å². The molecule has 2 aromatic rings. The van der Waals surface area contributed by atoms with E-state index in [0.717, 1.165) is 18.2 Å². The average molecular weight is 437 g/mol. The smallest absolute Gasteiger partial charge is 0.347 e. The Kier molecular flexibility index (Phi) is 5.36. The first-order valence-electron chi connectivity index (χ1n) is 9.29. The maximum absolute atomic E-state index is 14.8. The van der Waals surface area contributed by atoms with Crippen LogP contribution in [0.5, 0.6) is 0 Å². The maximum Gasteiger partial charge on any atom is 0.419 e. The van der Waals surface area contributed by atoms with Crippen LogP contribution in [-0.4, -0.2) is 38.6 Å². The third-order valence-electron chi connectivity index (χ3n) is 5.27. The molecule has 5 nitrogen and oxygen atoms in total. The van der Waals surface area contributed by atoms with Crippen molar-refractivity contribution in [2.45, 2.75) is 24.8 Å². The number of aromatic nitrogens is 1. The molecule has 0 saturated carbocycles. The lowest BCUT2D eigenvalue weighted by Gasteiger charge is -2.47. The van der Waals surface area contributed by atoms with E-state index in [4.69, 9.17) is 0 Å². The van der Waals surface area contributed by atoms with E-state index in [2.05, 4.69) is 4.98 Å². The molecule has 1 aromatic heterocycles. The number of fused-ring (bicyclic) bond motifs is 1. The van der Waals surface area contributed by atoms with Crippen LogP contribution < -0.4 is 0 Å². The van der Waals surface area contributed by atoms with Gasteiger partial charge in [-0.3, -0.25) is 4.79 Å². The van der Waals surface area contributed by atoms with E-state index in [1.54, 1.807) is 17.1 Å². The average Bonchev–Trinajstić information content (AvgIpc) is 2.73. The number of carbonyl (C=O) groups is 1. The maximum atomic E-state index is 14.8. The van der Waals surface area contributed by atoms with Gasteiger partial charge in [0, 0.05) is 24.7 Å². The lowest BCUT2D eigenvalue weighted by atomic mass is 9.91. The molecule has 1 N–H and O–H groups in total. The number of hydroxylamine groups is 2. The van der Waals surface area contributed by atoms with Crippen LogP contribution in [0.1, 0.15) is 22.7 Å². The number of ketones is 1. The number of hydrogen-bond donors (Lipinski definition) is 1. The molecule has 3 heterocycles. The zero-order valence-electron chi connectivity index (χ0n) is 15.9. The summed E-state index contributed by atoms with van der Waals surface area (Å²) in [5, 5.41) is 11.5. The van der Waals surface area contributed by atoms with Crippen LogP contribution in [0.15, 0.2) is 60.5 Å². The SMILES string of the molecule is O=C1C2=CC=CCN2C(Cc2ccc(F)nc2)N(O)C1c1cccc(C(F)(F)F)c1F. The van der Waals surface area contributed by atoms with Gasteiger partial charge in [-0.25, -0.2) is 9.37 Å². The number of hydrogen-bond acceptors (Lipinski definition) is 5. The van der Waals surface area contributed by atoms with Crippen LogP contribution >= 0.6 is 0 Å². The molecule has 2 aliphatic rings. The summed E-state index contributed by atoms with van der Waals surface area (Å²) in [6.07, 6.45) is 0.212. The van der Waals surface area contributed by atoms with E-state index in [-0.39, 0.29) is 18.7 Å². The van der Waals surface area contributed by atoms with Crippen molar-refractivity contribution in [2.75, 3.05) is 6.54 Å². The molecule has 2 atom stereocenters. The van der Waals surface area contributed by atoms with Crippen molar-refractivity contribution in [1.29, 1.82) is 0 Å². The molecule has 10 heteroatoms. The molecule has 0 aliphatic carbocycles. The molecule has 162 valence electrons. The summed E-state index contributed by atoms with van der Waals surface area (Å²) < 4.78 is 67.5. The Morgan fingerprint density at radius 2 is 1.94 bits per heavy atom. The second kappa shape index (κ2) is 7.86. The number of halogens is 5. The third kappa shape index (κ3) is 3.84. The fraction of sp³-hybridized carbons (Fsp3) is 0.238. The summed E-state index contributed by atoms with van der Waals surface area (Å²) in [5.74, 6) is -3.05. The highest BCUT2D eigenvalue weighted by molar-refractivity contribution is 6.00. The Hall–Kier alpha value is -3.11. The molecular weight excluding hydrogens is 421 g/mol. The minimum atomic E-state index is -4.96. The topological polar surface area (TPSA) is 56.7 Å². The molecule has 2 unspecified atom stereocenters. The first kappa shape index (κ1) is 21.1. The highest BCUT2D eigenvalue weighted by atomic mass is 19.4. The van der Waals surface area contributed by atoms with Crippen molar-refractivity contribution in [1.82, 2.24) is 14.9 Å². The molecule has 1 saturated heterocycles. The van der Waals surface area contributed by atoms with Crippen LogP contribution in [0.2, 0.25) is 0 Å². The third-order valence-corrected chi connectivity index (χ3v) is 5.27. The summed E-state index contributed by atoms with van der Waals surface area (Å²) in [5.41, 5.74) is -1.46. The lowest BCUT2D eigenvalue weighted by molar-refractivity contribution is -0.210. The number of Topliss-reactive ketones (excluding diaryl/α,β-unsaturated/α-hetero) is 1. The van der Waals surface area contributed by atoms with Crippen LogP contribution in [0, 0.1) is 11.8 Å². The molecule has 4 rings (SSSR count). The number of benzene rings is 1. The van der Waals surface area contributed by atoms with Crippen molar-refractivity contribution >= 4 is 5.78 Å². The molecule has 0 radical (unpaired) electrons. The molecule has 0 bridgehead atoms. The number of allylic oxidation sites excluding steroid dienone is 2. The predicted octanol–water partition coefficient (Wildman–Crippen LogP) is 4.02. The summed E-state index contributed by atoms with van der Waals surface area (Å²) in [4.78, 5) is 18.2. The molecule has 0 amide bonds. The highest BCUT2D eigenvalue weighted by Gasteiger charge is 2.46. The zero-order valence-corrected chi connectivity index (χ0v) is 15.9. The van der Waals surface area contributed by atoms with Crippen molar-refractivity contribution < 1.29 is 32.0 Å². The number of carbonyl (C=O) groups excluding carboxylic acids is 1. The van der Waals surface area contributed by atoms with Gasteiger partial charge in [-0.05, 0) is 23.8 Å². The molecule has 31 heavy (non-hydrogen) atoms. The number of pyridine rings is 1. The Bertz CT molecular complexity index is 1070. The Labute approximate surface area is 173 Å². The van der Waals surface area contributed by atoms with Gasteiger partial charge in [-0.15, -0.1) is 0 Å². The van der Waals surface area contributed by atoms with E-state index in [0.29, 0.717) is 16.7 Å². The fourth-order valence-corrected chi connectivity index (χ4v) is 3.81. The van der Waals surface area contributed by atoms with E-state index >= 15 is 0 Å². The van der Waals surface area contributed by atoms with Gasteiger partial charge in [0.25, 0.3) is 0 Å². The van der Waals surface area contributed by atoms with Crippen molar-refractivity contribution in [3.8, 4) is 0 Å². The molecule has 0 spiro atoms. The van der Waals surface area contributed by atoms with E-state index in [1.165, 1.54) is 18.3 Å². The summed E-state index contributed by atoms with van der Waals surface area (Å²) in [7, 11) is 0. The predicted molar refractivity (Wildman–Crippen MR) is 98.4 cm³/mol.